The molecule has 12 heteroatoms. The van der Waals surface area contributed by atoms with E-state index in [9.17, 15) is 0 Å². The van der Waals surface area contributed by atoms with Crippen LogP contribution in [0.2, 0.25) is 0 Å². The van der Waals surface area contributed by atoms with Gasteiger partial charge in [-0.3, -0.25) is 0 Å². The third kappa shape index (κ3) is 53.5. The summed E-state index contributed by atoms with van der Waals surface area (Å²) in [6.07, 6.45) is 23.3. The average molecular weight is 825 g/mol. The maximum Gasteiger partial charge on any atom is 0.0701 e. The van der Waals surface area contributed by atoms with Crippen molar-refractivity contribution in [1.29, 1.82) is 0 Å². The lowest BCUT2D eigenvalue weighted by atomic mass is 10.0. The minimum Gasteiger partial charge on any atom is -0.379 e. The van der Waals surface area contributed by atoms with Crippen LogP contribution in [0.1, 0.15) is 130 Å². The maximum atomic E-state index is 5.70. The van der Waals surface area contributed by atoms with Gasteiger partial charge in [-0.2, -0.15) is 0 Å². The molecule has 0 aliphatic carbocycles. The van der Waals surface area contributed by atoms with Crippen molar-refractivity contribution >= 4 is 0 Å². The van der Waals surface area contributed by atoms with Gasteiger partial charge in [0.2, 0.25) is 0 Å². The van der Waals surface area contributed by atoms with Crippen LogP contribution in [0.25, 0.3) is 0 Å². The monoisotopic (exact) mass is 825 g/mol. The molecule has 12 nitrogen and oxygen atoms in total. The predicted molar refractivity (Wildman–Crippen MR) is 229 cm³/mol. The normalized spacial score (nSPS) is 12.3. The van der Waals surface area contributed by atoms with Crippen molar-refractivity contribution < 1.29 is 56.8 Å². The second kappa shape index (κ2) is 53.5. The molecule has 0 N–H and O–H groups in total. The van der Waals surface area contributed by atoms with Crippen molar-refractivity contribution in [3.05, 3.63) is 0 Å². The Hall–Kier alpha value is -0.480. The molecular formula is C45H92O12. The predicted octanol–water partition coefficient (Wildman–Crippen LogP) is 8.49. The van der Waals surface area contributed by atoms with E-state index >= 15 is 0 Å². The lowest BCUT2D eigenvalue weighted by molar-refractivity contribution is -0.0286. The van der Waals surface area contributed by atoms with Gasteiger partial charge in [-0.05, 0) is 12.3 Å². The van der Waals surface area contributed by atoms with Gasteiger partial charge >= 0.3 is 0 Å². The molecule has 0 radical (unpaired) electrons. The van der Waals surface area contributed by atoms with Gasteiger partial charge in [0, 0.05) is 13.2 Å². The van der Waals surface area contributed by atoms with E-state index in [1.807, 2.05) is 0 Å². The fourth-order valence-corrected chi connectivity index (χ4v) is 5.57. The summed E-state index contributed by atoms with van der Waals surface area (Å²) in [4.78, 5) is 0. The van der Waals surface area contributed by atoms with Crippen LogP contribution in [0.4, 0.5) is 0 Å². The molecular weight excluding hydrogens is 732 g/mol. The molecule has 0 aromatic rings. The average Bonchev–Trinajstić information content (AvgIpc) is 3.22. The SMILES string of the molecule is CCCCCCCCCCCCCCCCCCOCCOCCOCCOCCOCCOCCOCCOCCOCCOCCOCCOCC(C)CC. The van der Waals surface area contributed by atoms with E-state index in [1.54, 1.807) is 0 Å². The molecule has 0 rings (SSSR count). The highest BCUT2D eigenvalue weighted by Gasteiger charge is 2.00. The number of hydrogen-bond donors (Lipinski definition) is 0. The molecule has 0 fully saturated rings. The zero-order valence-electron chi connectivity index (χ0n) is 37.5. The summed E-state index contributed by atoms with van der Waals surface area (Å²) >= 11 is 0. The second-order valence-corrected chi connectivity index (χ2v) is 14.6. The van der Waals surface area contributed by atoms with Crippen molar-refractivity contribution in [3.63, 3.8) is 0 Å². The molecule has 0 amide bonds. The molecule has 0 aliphatic heterocycles. The van der Waals surface area contributed by atoms with Crippen LogP contribution in [-0.2, 0) is 56.8 Å². The first-order valence-corrected chi connectivity index (χ1v) is 23.2. The minimum atomic E-state index is 0.521. The van der Waals surface area contributed by atoms with Gasteiger partial charge in [0.25, 0.3) is 0 Å². The van der Waals surface area contributed by atoms with Crippen molar-refractivity contribution in [2.45, 2.75) is 130 Å². The third-order valence-corrected chi connectivity index (χ3v) is 9.33. The molecule has 0 aromatic heterocycles. The summed E-state index contributed by atoms with van der Waals surface area (Å²) in [5.41, 5.74) is 0. The van der Waals surface area contributed by atoms with E-state index in [2.05, 4.69) is 20.8 Å². The fourth-order valence-electron chi connectivity index (χ4n) is 5.57. The standard InChI is InChI=1S/C45H92O12/c1-4-6-7-8-9-10-11-12-13-14-15-16-17-18-19-20-21-46-22-23-47-24-25-48-26-27-49-28-29-50-30-31-51-32-33-52-34-35-53-36-37-54-38-39-55-40-41-56-42-43-57-44-45(3)5-2/h45H,4-44H2,1-3H3. The third-order valence-electron chi connectivity index (χ3n) is 9.33. The van der Waals surface area contributed by atoms with Gasteiger partial charge in [0.15, 0.2) is 0 Å². The summed E-state index contributed by atoms with van der Waals surface area (Å²) in [5.74, 6) is 0.599. The number of hydrogen-bond acceptors (Lipinski definition) is 12. The van der Waals surface area contributed by atoms with Gasteiger partial charge in [-0.25, -0.2) is 0 Å². The zero-order chi connectivity index (χ0) is 41.1. The molecule has 0 spiro atoms. The van der Waals surface area contributed by atoms with Crippen LogP contribution in [-0.4, -0.2) is 159 Å². The summed E-state index contributed by atoms with van der Waals surface area (Å²) in [6.45, 7) is 20.4. The summed E-state index contributed by atoms with van der Waals surface area (Å²) in [6, 6.07) is 0. The number of rotatable bonds is 53. The van der Waals surface area contributed by atoms with E-state index in [4.69, 9.17) is 56.8 Å². The Kier molecular flexibility index (Phi) is 53.1. The van der Waals surface area contributed by atoms with Crippen molar-refractivity contribution in [2.24, 2.45) is 5.92 Å². The lowest BCUT2D eigenvalue weighted by Crippen LogP contribution is -2.15. The first-order valence-electron chi connectivity index (χ1n) is 23.2. The fraction of sp³-hybridized carbons (Fsp3) is 1.00. The highest BCUT2D eigenvalue weighted by molar-refractivity contribution is 4.50. The molecule has 1 atom stereocenters. The number of ether oxygens (including phenoxy) is 12. The molecule has 0 saturated carbocycles. The Morgan fingerprint density at radius 3 is 0.649 bits per heavy atom. The molecule has 0 bridgehead atoms. The lowest BCUT2D eigenvalue weighted by Gasteiger charge is -2.10. The van der Waals surface area contributed by atoms with Crippen molar-refractivity contribution in [3.8, 4) is 0 Å². The smallest absolute Gasteiger partial charge is 0.0701 e. The molecule has 0 aromatic carbocycles. The summed E-state index contributed by atoms with van der Waals surface area (Å²) in [7, 11) is 0. The van der Waals surface area contributed by atoms with Gasteiger partial charge in [0.05, 0.1) is 145 Å². The Bertz CT molecular complexity index is 693. The van der Waals surface area contributed by atoms with Crippen LogP contribution in [0.15, 0.2) is 0 Å². The highest BCUT2D eigenvalue weighted by atomic mass is 16.6. The quantitative estimate of drug-likeness (QED) is 0.0549. The van der Waals surface area contributed by atoms with Gasteiger partial charge in [-0.15, -0.1) is 0 Å². The molecule has 0 aliphatic rings. The largest absolute Gasteiger partial charge is 0.379 e. The van der Waals surface area contributed by atoms with Crippen LogP contribution < -0.4 is 0 Å². The van der Waals surface area contributed by atoms with Crippen molar-refractivity contribution in [1.82, 2.24) is 0 Å². The summed E-state index contributed by atoms with van der Waals surface area (Å²) in [5, 5.41) is 0. The van der Waals surface area contributed by atoms with Crippen LogP contribution in [0.3, 0.4) is 0 Å². The summed E-state index contributed by atoms with van der Waals surface area (Å²) < 4.78 is 66.5. The first kappa shape index (κ1) is 56.5. The van der Waals surface area contributed by atoms with Gasteiger partial charge < -0.3 is 56.8 Å². The molecule has 344 valence electrons. The Morgan fingerprint density at radius 1 is 0.228 bits per heavy atom. The van der Waals surface area contributed by atoms with E-state index in [-0.39, 0.29) is 0 Å². The van der Waals surface area contributed by atoms with E-state index in [0.717, 1.165) is 26.1 Å². The highest BCUT2D eigenvalue weighted by Crippen LogP contribution is 2.13. The molecule has 0 saturated heterocycles. The first-order chi connectivity index (χ1) is 28.3. The Balaban J connectivity index is 3.06. The Labute approximate surface area is 350 Å². The molecule has 57 heavy (non-hydrogen) atoms. The van der Waals surface area contributed by atoms with Crippen molar-refractivity contribution in [2.75, 3.05) is 159 Å². The zero-order valence-corrected chi connectivity index (χ0v) is 37.5. The topological polar surface area (TPSA) is 111 Å². The maximum absolute atomic E-state index is 5.70. The minimum absolute atomic E-state index is 0.521. The van der Waals surface area contributed by atoms with Crippen LogP contribution in [0.5, 0.6) is 0 Å². The Morgan fingerprint density at radius 2 is 0.421 bits per heavy atom. The molecule has 1 unspecified atom stereocenters. The second-order valence-electron chi connectivity index (χ2n) is 14.6. The van der Waals surface area contributed by atoms with E-state index < -0.39 is 0 Å². The van der Waals surface area contributed by atoms with Crippen LogP contribution >= 0.6 is 0 Å². The molecule has 0 heterocycles. The van der Waals surface area contributed by atoms with Gasteiger partial charge in [-0.1, -0.05) is 124 Å². The van der Waals surface area contributed by atoms with Gasteiger partial charge in [0.1, 0.15) is 0 Å². The van der Waals surface area contributed by atoms with E-state index in [0.29, 0.717) is 151 Å². The van der Waals surface area contributed by atoms with Crippen LogP contribution in [0, 0.1) is 5.92 Å². The van der Waals surface area contributed by atoms with E-state index in [1.165, 1.54) is 96.3 Å². The number of unbranched alkanes of at least 4 members (excludes halogenated alkanes) is 15.